The van der Waals surface area contributed by atoms with Crippen LogP contribution in [0.5, 0.6) is 0 Å². The van der Waals surface area contributed by atoms with Crippen molar-refractivity contribution in [3.8, 4) is 0 Å². The number of rotatable bonds is 8. The second-order valence-electron chi connectivity index (χ2n) is 7.32. The maximum absolute atomic E-state index is 13.7. The molecular formula is C19H33F3N6O. The van der Waals surface area contributed by atoms with Gasteiger partial charge in [0, 0.05) is 58.1 Å². The van der Waals surface area contributed by atoms with Gasteiger partial charge in [0.1, 0.15) is 5.82 Å². The third-order valence-corrected chi connectivity index (χ3v) is 5.52. The second-order valence-corrected chi connectivity index (χ2v) is 7.32. The molecule has 0 radical (unpaired) electrons. The first-order chi connectivity index (χ1) is 13.7. The van der Waals surface area contributed by atoms with Crippen LogP contribution in [0.2, 0.25) is 0 Å². The van der Waals surface area contributed by atoms with Crippen molar-refractivity contribution in [3.63, 3.8) is 0 Å². The lowest BCUT2D eigenvalue weighted by Gasteiger charge is -2.30. The molecule has 1 saturated heterocycles. The summed E-state index contributed by atoms with van der Waals surface area (Å²) in [6, 6.07) is 0.411. The number of aryl methyl sites for hydroxylation is 1. The summed E-state index contributed by atoms with van der Waals surface area (Å²) >= 11 is 0. The van der Waals surface area contributed by atoms with E-state index < -0.39 is 24.0 Å². The number of halogens is 3. The van der Waals surface area contributed by atoms with Crippen molar-refractivity contribution >= 4 is 5.96 Å². The lowest BCUT2D eigenvalue weighted by atomic mass is 9.98. The van der Waals surface area contributed by atoms with Crippen molar-refractivity contribution in [2.75, 3.05) is 39.3 Å². The number of imidazole rings is 1. The van der Waals surface area contributed by atoms with Crippen LogP contribution >= 0.6 is 0 Å². The average Bonchev–Trinajstić information content (AvgIpc) is 3.30. The zero-order chi connectivity index (χ0) is 21.7. The number of aliphatic imine (C=N–C) groups is 1. The first-order valence-electron chi connectivity index (χ1n) is 10.2. The Morgan fingerprint density at radius 1 is 1.34 bits per heavy atom. The van der Waals surface area contributed by atoms with Crippen LogP contribution in [0.4, 0.5) is 13.2 Å². The molecule has 1 aromatic rings. The fourth-order valence-electron chi connectivity index (χ4n) is 3.87. The lowest BCUT2D eigenvalue weighted by Crippen LogP contribution is -2.46. The molecule has 2 N–H and O–H groups in total. The van der Waals surface area contributed by atoms with E-state index in [9.17, 15) is 18.3 Å². The largest absolute Gasteiger partial charge is 0.424 e. The van der Waals surface area contributed by atoms with E-state index in [0.29, 0.717) is 18.5 Å². The first-order valence-corrected chi connectivity index (χ1v) is 10.2. The van der Waals surface area contributed by atoms with Gasteiger partial charge in [-0.2, -0.15) is 13.2 Å². The van der Waals surface area contributed by atoms with Crippen LogP contribution in [0, 0.1) is 0 Å². The van der Waals surface area contributed by atoms with Gasteiger partial charge in [0.25, 0.3) is 0 Å². The average molecular weight is 419 g/mol. The smallest absolute Gasteiger partial charge is 0.374 e. The summed E-state index contributed by atoms with van der Waals surface area (Å²) in [4.78, 5) is 12.6. The third-order valence-electron chi connectivity index (χ3n) is 5.52. The van der Waals surface area contributed by atoms with Crippen LogP contribution in [0.15, 0.2) is 17.4 Å². The van der Waals surface area contributed by atoms with Gasteiger partial charge in [0.05, 0.1) is 0 Å². The topological polar surface area (TPSA) is 68.9 Å². The van der Waals surface area contributed by atoms with E-state index in [2.05, 4.69) is 38.9 Å². The van der Waals surface area contributed by atoms with E-state index >= 15 is 0 Å². The molecule has 0 spiro atoms. The molecule has 10 heteroatoms. The van der Waals surface area contributed by atoms with E-state index in [1.165, 1.54) is 24.0 Å². The monoisotopic (exact) mass is 418 g/mol. The molecule has 1 aliphatic rings. The zero-order valence-corrected chi connectivity index (χ0v) is 17.7. The predicted molar refractivity (Wildman–Crippen MR) is 107 cm³/mol. The Balaban J connectivity index is 2.12. The lowest BCUT2D eigenvalue weighted by molar-refractivity contribution is -0.272. The van der Waals surface area contributed by atoms with Crippen molar-refractivity contribution in [2.24, 2.45) is 12.0 Å². The van der Waals surface area contributed by atoms with Gasteiger partial charge < -0.3 is 19.9 Å². The number of nitrogens with one attached hydrogen (secondary N) is 1. The van der Waals surface area contributed by atoms with Crippen LogP contribution in [-0.4, -0.2) is 81.9 Å². The number of aliphatic hydroxyl groups is 1. The summed E-state index contributed by atoms with van der Waals surface area (Å²) in [5, 5.41) is 13.6. The summed E-state index contributed by atoms with van der Waals surface area (Å²) in [5.74, 6) is 0.166. The van der Waals surface area contributed by atoms with Crippen molar-refractivity contribution < 1.29 is 18.3 Å². The number of aromatic nitrogens is 2. The number of hydrogen-bond acceptors (Lipinski definition) is 4. The van der Waals surface area contributed by atoms with E-state index in [1.807, 2.05) is 6.92 Å². The van der Waals surface area contributed by atoms with Gasteiger partial charge >= 0.3 is 6.18 Å². The molecule has 0 bridgehead atoms. The number of alkyl halides is 3. The highest BCUT2D eigenvalue weighted by molar-refractivity contribution is 5.80. The first kappa shape index (κ1) is 23.5. The molecule has 1 aliphatic heterocycles. The van der Waals surface area contributed by atoms with Gasteiger partial charge in [0.2, 0.25) is 5.60 Å². The number of nitrogens with zero attached hydrogens (tertiary/aromatic N) is 5. The molecule has 0 aliphatic carbocycles. The van der Waals surface area contributed by atoms with E-state index in [-0.39, 0.29) is 6.54 Å². The van der Waals surface area contributed by atoms with Crippen molar-refractivity contribution in [1.82, 2.24) is 24.7 Å². The fourth-order valence-corrected chi connectivity index (χ4v) is 3.87. The van der Waals surface area contributed by atoms with Crippen molar-refractivity contribution in [1.29, 1.82) is 0 Å². The number of likely N-dealkylation sites (tertiary alicyclic amines) is 1. The maximum Gasteiger partial charge on any atom is 0.424 e. The summed E-state index contributed by atoms with van der Waals surface area (Å²) in [7, 11) is 1.43. The molecule has 0 amide bonds. The molecule has 2 heterocycles. The Kier molecular flexibility index (Phi) is 7.93. The predicted octanol–water partition coefficient (Wildman–Crippen LogP) is 1.94. The van der Waals surface area contributed by atoms with Crippen LogP contribution in [0.25, 0.3) is 0 Å². The summed E-state index contributed by atoms with van der Waals surface area (Å²) in [6.07, 6.45) is -1.81. The zero-order valence-electron chi connectivity index (χ0n) is 17.7. The Hall–Kier alpha value is -1.81. The van der Waals surface area contributed by atoms with Gasteiger partial charge in [-0.3, -0.25) is 9.89 Å². The molecule has 2 rings (SSSR count). The Morgan fingerprint density at radius 2 is 2.03 bits per heavy atom. The number of hydrogen-bond donors (Lipinski definition) is 2. The minimum Gasteiger partial charge on any atom is -0.374 e. The Labute approximate surface area is 170 Å². The quantitative estimate of drug-likeness (QED) is 0.499. The minimum atomic E-state index is -4.85. The maximum atomic E-state index is 13.7. The minimum absolute atomic E-state index is 0.169. The molecule has 2 unspecified atom stereocenters. The molecule has 1 fully saturated rings. The highest BCUT2D eigenvalue weighted by atomic mass is 19.4. The molecule has 0 saturated carbocycles. The highest BCUT2D eigenvalue weighted by Crippen LogP contribution is 2.40. The standard InChI is InChI=1S/C19H33F3N6O/c1-5-23-17(28-12-8-15(14-28)27(6-2)7-3)25-10-9-18(29,19(20,21)22)16-24-11-13-26(16)4/h11,13,15,29H,5-10,12,14H2,1-4H3,(H,23,25). The summed E-state index contributed by atoms with van der Waals surface area (Å²) < 4.78 is 42.2. The molecule has 1 aromatic heterocycles. The van der Waals surface area contributed by atoms with Crippen molar-refractivity contribution in [3.05, 3.63) is 18.2 Å². The van der Waals surface area contributed by atoms with Crippen LogP contribution in [0.3, 0.4) is 0 Å². The normalized spacial score (nSPS) is 20.4. The van der Waals surface area contributed by atoms with Crippen molar-refractivity contribution in [2.45, 2.75) is 51.4 Å². The van der Waals surface area contributed by atoms with Crippen LogP contribution in [-0.2, 0) is 12.6 Å². The van der Waals surface area contributed by atoms with E-state index in [4.69, 9.17) is 0 Å². The van der Waals surface area contributed by atoms with Gasteiger partial charge in [-0.15, -0.1) is 0 Å². The molecule has 166 valence electrons. The highest BCUT2D eigenvalue weighted by Gasteiger charge is 2.57. The molecule has 0 aromatic carbocycles. The second kappa shape index (κ2) is 9.80. The Bertz CT molecular complexity index is 673. The van der Waals surface area contributed by atoms with Crippen LogP contribution in [0.1, 0.15) is 39.4 Å². The summed E-state index contributed by atoms with van der Waals surface area (Å²) in [5.41, 5.74) is -3.04. The molecule has 29 heavy (non-hydrogen) atoms. The third kappa shape index (κ3) is 5.22. The van der Waals surface area contributed by atoms with Gasteiger partial charge in [-0.05, 0) is 26.4 Å². The Morgan fingerprint density at radius 3 is 2.55 bits per heavy atom. The van der Waals surface area contributed by atoms with Gasteiger partial charge in [-0.1, -0.05) is 13.8 Å². The summed E-state index contributed by atoms with van der Waals surface area (Å²) in [6.45, 7) is 10.1. The van der Waals surface area contributed by atoms with Crippen LogP contribution < -0.4 is 5.32 Å². The fraction of sp³-hybridized carbons (Fsp3) is 0.789. The molecule has 7 nitrogen and oxygen atoms in total. The van der Waals surface area contributed by atoms with Gasteiger partial charge in [0.15, 0.2) is 5.96 Å². The molecule has 2 atom stereocenters. The van der Waals surface area contributed by atoms with E-state index in [1.54, 1.807) is 0 Å². The number of guanidine groups is 1. The van der Waals surface area contributed by atoms with Gasteiger partial charge in [-0.25, -0.2) is 4.98 Å². The number of likely N-dealkylation sites (N-methyl/N-ethyl adjacent to an activating group) is 1. The SMILES string of the molecule is CCNC(=NCCC(O)(c1nccn1C)C(F)(F)F)N1CCC(N(CC)CC)C1. The van der Waals surface area contributed by atoms with E-state index in [0.717, 1.165) is 32.6 Å². The molecular weight excluding hydrogens is 385 g/mol.